The molecule has 1 aromatic carbocycles. The summed E-state index contributed by atoms with van der Waals surface area (Å²) >= 11 is 0. The maximum absolute atomic E-state index is 5.98. The number of unbranched alkanes of at least 4 members (excludes halogenated alkanes) is 4. The molecule has 0 spiro atoms. The molecule has 0 N–H and O–H groups in total. The first kappa shape index (κ1) is 15.2. The molecule has 0 unspecified atom stereocenters. The van der Waals surface area contributed by atoms with E-state index in [1.54, 1.807) is 0 Å². The van der Waals surface area contributed by atoms with Crippen molar-refractivity contribution in [2.24, 2.45) is 0 Å². The standard InChI is InChI=1S/C19H28O/c1-4-6-8-11-16-12-10-14-18-19(16)17(15(3)20-18)13-9-7-5-2/h10,12,14H,4-9,11,13H2,1-3H3. The van der Waals surface area contributed by atoms with Gasteiger partial charge in [0.2, 0.25) is 0 Å². The van der Waals surface area contributed by atoms with E-state index < -0.39 is 0 Å². The van der Waals surface area contributed by atoms with Gasteiger partial charge in [-0.25, -0.2) is 0 Å². The molecule has 0 bridgehead atoms. The lowest BCUT2D eigenvalue weighted by Gasteiger charge is -2.05. The maximum atomic E-state index is 5.98. The zero-order valence-electron chi connectivity index (χ0n) is 13.3. The van der Waals surface area contributed by atoms with Crippen LogP contribution in [0.3, 0.4) is 0 Å². The van der Waals surface area contributed by atoms with Gasteiger partial charge in [-0.05, 0) is 44.2 Å². The zero-order valence-corrected chi connectivity index (χ0v) is 13.3. The third-order valence-electron chi connectivity index (χ3n) is 4.18. The van der Waals surface area contributed by atoms with Gasteiger partial charge < -0.3 is 4.42 Å². The summed E-state index contributed by atoms with van der Waals surface area (Å²) in [6, 6.07) is 6.55. The number of fused-ring (bicyclic) bond motifs is 1. The van der Waals surface area contributed by atoms with Crippen LogP contribution in [0.5, 0.6) is 0 Å². The van der Waals surface area contributed by atoms with Crippen LogP contribution in [0.15, 0.2) is 22.6 Å². The molecule has 0 amide bonds. The minimum Gasteiger partial charge on any atom is -0.461 e. The zero-order chi connectivity index (χ0) is 14.4. The Kier molecular flexibility index (Phi) is 5.70. The molecule has 2 rings (SSSR count). The van der Waals surface area contributed by atoms with E-state index in [1.807, 2.05) is 0 Å². The Hall–Kier alpha value is -1.24. The van der Waals surface area contributed by atoms with E-state index >= 15 is 0 Å². The third-order valence-corrected chi connectivity index (χ3v) is 4.18. The Morgan fingerprint density at radius 1 is 0.900 bits per heavy atom. The summed E-state index contributed by atoms with van der Waals surface area (Å²) < 4.78 is 5.98. The molecule has 0 aliphatic carbocycles. The van der Waals surface area contributed by atoms with E-state index in [0.29, 0.717) is 0 Å². The van der Waals surface area contributed by atoms with Crippen molar-refractivity contribution in [2.75, 3.05) is 0 Å². The van der Waals surface area contributed by atoms with Gasteiger partial charge in [-0.3, -0.25) is 0 Å². The van der Waals surface area contributed by atoms with Crippen LogP contribution in [0.25, 0.3) is 11.0 Å². The monoisotopic (exact) mass is 272 g/mol. The second-order valence-electron chi connectivity index (χ2n) is 5.84. The van der Waals surface area contributed by atoms with Crippen LogP contribution in [-0.4, -0.2) is 0 Å². The first-order valence-corrected chi connectivity index (χ1v) is 8.27. The highest BCUT2D eigenvalue weighted by molar-refractivity contribution is 5.85. The van der Waals surface area contributed by atoms with Gasteiger partial charge in [0.25, 0.3) is 0 Å². The highest BCUT2D eigenvalue weighted by Crippen LogP contribution is 2.31. The van der Waals surface area contributed by atoms with Crippen molar-refractivity contribution in [1.82, 2.24) is 0 Å². The molecule has 0 saturated heterocycles. The average Bonchev–Trinajstić information content (AvgIpc) is 2.76. The SMILES string of the molecule is CCCCCc1cccc2oc(C)c(CCCCC)c12. The highest BCUT2D eigenvalue weighted by Gasteiger charge is 2.13. The molecule has 0 radical (unpaired) electrons. The smallest absolute Gasteiger partial charge is 0.134 e. The molecule has 1 heterocycles. The van der Waals surface area contributed by atoms with E-state index in [9.17, 15) is 0 Å². The number of rotatable bonds is 8. The number of furan rings is 1. The van der Waals surface area contributed by atoms with E-state index in [4.69, 9.17) is 4.42 Å². The first-order chi connectivity index (χ1) is 9.77. The van der Waals surface area contributed by atoms with Gasteiger partial charge in [0, 0.05) is 10.9 Å². The highest BCUT2D eigenvalue weighted by atomic mass is 16.3. The second-order valence-corrected chi connectivity index (χ2v) is 5.84. The van der Waals surface area contributed by atoms with Gasteiger partial charge in [-0.1, -0.05) is 51.7 Å². The van der Waals surface area contributed by atoms with E-state index in [2.05, 4.69) is 39.0 Å². The van der Waals surface area contributed by atoms with Crippen molar-refractivity contribution in [2.45, 2.75) is 72.1 Å². The largest absolute Gasteiger partial charge is 0.461 e. The first-order valence-electron chi connectivity index (χ1n) is 8.27. The summed E-state index contributed by atoms with van der Waals surface area (Å²) in [6.45, 7) is 6.65. The minimum atomic E-state index is 1.09. The summed E-state index contributed by atoms with van der Waals surface area (Å²) in [5, 5.41) is 1.41. The normalized spacial score (nSPS) is 11.3. The fourth-order valence-corrected chi connectivity index (χ4v) is 3.03. The number of hydrogen-bond donors (Lipinski definition) is 0. The van der Waals surface area contributed by atoms with Crippen LogP contribution in [0.1, 0.15) is 69.3 Å². The van der Waals surface area contributed by atoms with Crippen LogP contribution in [0, 0.1) is 6.92 Å². The molecular formula is C19H28O. The van der Waals surface area contributed by atoms with Gasteiger partial charge in [0.05, 0.1) is 0 Å². The van der Waals surface area contributed by atoms with Crippen LogP contribution >= 0.6 is 0 Å². The Bertz CT molecular complexity index is 536. The molecule has 0 aliphatic heterocycles. The van der Waals surface area contributed by atoms with Gasteiger partial charge >= 0.3 is 0 Å². The minimum absolute atomic E-state index is 1.09. The van der Waals surface area contributed by atoms with Crippen molar-refractivity contribution in [3.63, 3.8) is 0 Å². The lowest BCUT2D eigenvalue weighted by Crippen LogP contribution is -1.92. The molecule has 20 heavy (non-hydrogen) atoms. The van der Waals surface area contributed by atoms with Crippen molar-refractivity contribution in [1.29, 1.82) is 0 Å². The molecule has 1 aromatic heterocycles. The summed E-state index contributed by atoms with van der Waals surface area (Å²) in [5.41, 5.74) is 4.03. The second kappa shape index (κ2) is 7.52. The van der Waals surface area contributed by atoms with E-state index in [-0.39, 0.29) is 0 Å². The van der Waals surface area contributed by atoms with Gasteiger partial charge in [0.1, 0.15) is 11.3 Å². The quantitative estimate of drug-likeness (QED) is 0.521. The number of benzene rings is 1. The topological polar surface area (TPSA) is 13.1 Å². The molecular weight excluding hydrogens is 244 g/mol. The number of hydrogen-bond acceptors (Lipinski definition) is 1. The van der Waals surface area contributed by atoms with E-state index in [0.717, 1.165) is 17.8 Å². The maximum Gasteiger partial charge on any atom is 0.134 e. The Labute approximate surface area is 123 Å². The Morgan fingerprint density at radius 3 is 2.30 bits per heavy atom. The summed E-state index contributed by atoms with van der Waals surface area (Å²) in [5.74, 6) is 1.12. The van der Waals surface area contributed by atoms with Crippen molar-refractivity contribution >= 4 is 11.0 Å². The van der Waals surface area contributed by atoms with Crippen molar-refractivity contribution in [3.8, 4) is 0 Å². The van der Waals surface area contributed by atoms with Crippen molar-refractivity contribution < 1.29 is 4.42 Å². The fraction of sp³-hybridized carbons (Fsp3) is 0.579. The summed E-state index contributed by atoms with van der Waals surface area (Å²) in [7, 11) is 0. The predicted molar refractivity (Wildman–Crippen MR) is 87.4 cm³/mol. The van der Waals surface area contributed by atoms with Crippen molar-refractivity contribution in [3.05, 3.63) is 35.1 Å². The Balaban J connectivity index is 2.27. The van der Waals surface area contributed by atoms with Crippen LogP contribution < -0.4 is 0 Å². The molecule has 0 fully saturated rings. The van der Waals surface area contributed by atoms with Gasteiger partial charge in [0.15, 0.2) is 0 Å². The van der Waals surface area contributed by atoms with Crippen LogP contribution in [0.4, 0.5) is 0 Å². The van der Waals surface area contributed by atoms with Crippen LogP contribution in [0.2, 0.25) is 0 Å². The summed E-state index contributed by atoms with van der Waals surface area (Å²) in [4.78, 5) is 0. The molecule has 110 valence electrons. The molecule has 1 nitrogen and oxygen atoms in total. The lowest BCUT2D eigenvalue weighted by molar-refractivity contribution is 0.568. The molecule has 2 aromatic rings. The average molecular weight is 272 g/mol. The third kappa shape index (κ3) is 3.45. The molecule has 0 atom stereocenters. The van der Waals surface area contributed by atoms with E-state index in [1.165, 1.54) is 61.5 Å². The van der Waals surface area contributed by atoms with Crippen LogP contribution in [-0.2, 0) is 12.8 Å². The predicted octanol–water partition coefficient (Wildman–Crippen LogP) is 6.21. The molecule has 0 aliphatic rings. The molecule has 1 heteroatoms. The molecule has 0 saturated carbocycles. The number of aryl methyl sites for hydroxylation is 3. The van der Waals surface area contributed by atoms with Gasteiger partial charge in [-0.15, -0.1) is 0 Å². The fourth-order valence-electron chi connectivity index (χ4n) is 3.03. The Morgan fingerprint density at radius 2 is 1.60 bits per heavy atom. The summed E-state index contributed by atoms with van der Waals surface area (Å²) in [6.07, 6.45) is 10.1. The van der Waals surface area contributed by atoms with Gasteiger partial charge in [-0.2, -0.15) is 0 Å². The lowest BCUT2D eigenvalue weighted by atomic mass is 9.97.